The van der Waals surface area contributed by atoms with E-state index < -0.39 is 0 Å². The Morgan fingerprint density at radius 3 is 2.40 bits per heavy atom. The second-order valence-electron chi connectivity index (χ2n) is 5.91. The highest BCUT2D eigenvalue weighted by atomic mass is 16.5. The summed E-state index contributed by atoms with van der Waals surface area (Å²) >= 11 is 0. The molecule has 1 saturated heterocycles. The molecule has 0 aromatic heterocycles. The van der Waals surface area contributed by atoms with Crippen molar-refractivity contribution in [3.05, 3.63) is 29.8 Å². The minimum atomic E-state index is -0.277. The van der Waals surface area contributed by atoms with Crippen LogP contribution in [0.4, 0.5) is 0 Å². The molecular weight excluding hydrogens is 320 g/mol. The zero-order valence-electron chi connectivity index (χ0n) is 14.9. The van der Waals surface area contributed by atoms with Gasteiger partial charge in [-0.3, -0.25) is 9.59 Å². The lowest BCUT2D eigenvalue weighted by atomic mass is 9.96. The second kappa shape index (κ2) is 9.11. The minimum Gasteiger partial charge on any atom is -0.490 e. The van der Waals surface area contributed by atoms with Crippen molar-refractivity contribution in [3.63, 3.8) is 0 Å². The first-order valence-corrected chi connectivity index (χ1v) is 8.71. The third-order valence-electron chi connectivity index (χ3n) is 4.19. The summed E-state index contributed by atoms with van der Waals surface area (Å²) < 4.78 is 11.1. The molecule has 136 valence electrons. The molecule has 1 heterocycles. The van der Waals surface area contributed by atoms with Crippen LogP contribution in [0, 0.1) is 5.92 Å². The van der Waals surface area contributed by atoms with E-state index in [-0.39, 0.29) is 17.7 Å². The highest BCUT2D eigenvalue weighted by molar-refractivity contribution is 5.92. The van der Waals surface area contributed by atoms with E-state index in [1.165, 1.54) is 0 Å². The Labute approximate surface area is 148 Å². The van der Waals surface area contributed by atoms with E-state index in [1.807, 2.05) is 32.0 Å². The Bertz CT molecular complexity index is 634. The first kappa shape index (κ1) is 18.8. The number of amides is 2. The number of hydrogen-bond donors (Lipinski definition) is 1. The predicted molar refractivity (Wildman–Crippen MR) is 96.3 cm³/mol. The molecule has 25 heavy (non-hydrogen) atoms. The third-order valence-corrected chi connectivity index (χ3v) is 4.19. The zero-order chi connectivity index (χ0) is 18.2. The number of carbonyl (C=O) groups is 2. The summed E-state index contributed by atoms with van der Waals surface area (Å²) in [7, 11) is 0. The second-order valence-corrected chi connectivity index (χ2v) is 5.91. The van der Waals surface area contributed by atoms with Crippen LogP contribution in [0.5, 0.6) is 11.5 Å². The van der Waals surface area contributed by atoms with Crippen molar-refractivity contribution in [2.75, 3.05) is 26.3 Å². The summed E-state index contributed by atoms with van der Waals surface area (Å²) in [5.74, 6) is 0.908. The standard InChI is InChI=1S/C19H26N2O4/c1-3-24-16-7-5-14(13-17(16)25-4-2)6-8-18(22)21-11-9-15(10-12-21)19(20)23/h5-8,13,15H,3-4,9-12H2,1-2H3,(H2,20,23)/b8-6+. The Balaban J connectivity index is 2.00. The van der Waals surface area contributed by atoms with Crippen LogP contribution in [0.15, 0.2) is 24.3 Å². The van der Waals surface area contributed by atoms with Crippen molar-refractivity contribution in [1.82, 2.24) is 4.90 Å². The van der Waals surface area contributed by atoms with Gasteiger partial charge >= 0.3 is 0 Å². The van der Waals surface area contributed by atoms with Crippen LogP contribution in [0.25, 0.3) is 6.08 Å². The van der Waals surface area contributed by atoms with E-state index in [4.69, 9.17) is 15.2 Å². The van der Waals surface area contributed by atoms with Gasteiger partial charge in [0.05, 0.1) is 13.2 Å². The summed E-state index contributed by atoms with van der Waals surface area (Å²) in [4.78, 5) is 25.2. The van der Waals surface area contributed by atoms with E-state index in [1.54, 1.807) is 17.1 Å². The molecule has 1 aromatic rings. The highest BCUT2D eigenvalue weighted by Crippen LogP contribution is 2.29. The van der Waals surface area contributed by atoms with E-state index in [9.17, 15) is 9.59 Å². The van der Waals surface area contributed by atoms with E-state index in [0.29, 0.717) is 50.6 Å². The van der Waals surface area contributed by atoms with Gasteiger partial charge < -0.3 is 20.1 Å². The van der Waals surface area contributed by atoms with Gasteiger partial charge in [-0.1, -0.05) is 6.07 Å². The summed E-state index contributed by atoms with van der Waals surface area (Å²) in [6.45, 7) is 6.06. The van der Waals surface area contributed by atoms with Crippen LogP contribution >= 0.6 is 0 Å². The quantitative estimate of drug-likeness (QED) is 0.768. The lowest BCUT2D eigenvalue weighted by Gasteiger charge is -2.29. The SMILES string of the molecule is CCOc1ccc(/C=C/C(=O)N2CCC(C(N)=O)CC2)cc1OCC. The Kier molecular flexibility index (Phi) is 6.86. The number of nitrogens with zero attached hydrogens (tertiary/aromatic N) is 1. The van der Waals surface area contributed by atoms with E-state index in [2.05, 4.69) is 0 Å². The van der Waals surface area contributed by atoms with Crippen molar-refractivity contribution < 1.29 is 19.1 Å². The number of piperidine rings is 1. The Morgan fingerprint density at radius 1 is 1.16 bits per heavy atom. The van der Waals surface area contributed by atoms with Crippen molar-refractivity contribution in [2.45, 2.75) is 26.7 Å². The first-order valence-electron chi connectivity index (χ1n) is 8.71. The fourth-order valence-corrected chi connectivity index (χ4v) is 2.83. The lowest BCUT2D eigenvalue weighted by Crippen LogP contribution is -2.41. The van der Waals surface area contributed by atoms with Gasteiger partial charge in [-0.25, -0.2) is 0 Å². The molecule has 0 unspecified atom stereocenters. The van der Waals surface area contributed by atoms with E-state index >= 15 is 0 Å². The fourth-order valence-electron chi connectivity index (χ4n) is 2.83. The molecule has 0 saturated carbocycles. The molecule has 6 nitrogen and oxygen atoms in total. The summed E-state index contributed by atoms with van der Waals surface area (Å²) in [6, 6.07) is 5.59. The molecule has 0 bridgehead atoms. The number of ether oxygens (including phenoxy) is 2. The van der Waals surface area contributed by atoms with Crippen molar-refractivity contribution in [3.8, 4) is 11.5 Å². The molecule has 0 radical (unpaired) electrons. The van der Waals surface area contributed by atoms with Gasteiger partial charge in [-0.05, 0) is 50.5 Å². The first-order chi connectivity index (χ1) is 12.0. The average Bonchev–Trinajstić information content (AvgIpc) is 2.62. The van der Waals surface area contributed by atoms with Gasteiger partial charge in [0.15, 0.2) is 11.5 Å². The van der Waals surface area contributed by atoms with Crippen molar-refractivity contribution in [2.24, 2.45) is 11.7 Å². The van der Waals surface area contributed by atoms with Gasteiger partial charge in [-0.2, -0.15) is 0 Å². The Hall–Kier alpha value is -2.50. The molecule has 2 N–H and O–H groups in total. The molecule has 2 amide bonds. The number of primary amides is 1. The lowest BCUT2D eigenvalue weighted by molar-refractivity contribution is -0.130. The smallest absolute Gasteiger partial charge is 0.246 e. The fraction of sp³-hybridized carbons (Fsp3) is 0.474. The van der Waals surface area contributed by atoms with E-state index in [0.717, 1.165) is 5.56 Å². The van der Waals surface area contributed by atoms with Crippen molar-refractivity contribution >= 4 is 17.9 Å². The van der Waals surface area contributed by atoms with Crippen LogP contribution in [-0.2, 0) is 9.59 Å². The maximum atomic E-state index is 12.3. The molecular formula is C19H26N2O4. The molecule has 1 aliphatic heterocycles. The van der Waals surface area contributed by atoms with Gasteiger partial charge in [0, 0.05) is 25.1 Å². The van der Waals surface area contributed by atoms with Crippen LogP contribution < -0.4 is 15.2 Å². The summed E-state index contributed by atoms with van der Waals surface area (Å²) in [6.07, 6.45) is 4.58. The van der Waals surface area contributed by atoms with Crippen LogP contribution in [0.3, 0.4) is 0 Å². The van der Waals surface area contributed by atoms with Gasteiger partial charge in [0.2, 0.25) is 11.8 Å². The normalized spacial score (nSPS) is 15.4. The number of hydrogen-bond acceptors (Lipinski definition) is 4. The monoisotopic (exact) mass is 346 g/mol. The topological polar surface area (TPSA) is 81.9 Å². The minimum absolute atomic E-state index is 0.0604. The maximum Gasteiger partial charge on any atom is 0.246 e. The molecule has 1 aromatic carbocycles. The van der Waals surface area contributed by atoms with Crippen molar-refractivity contribution in [1.29, 1.82) is 0 Å². The van der Waals surface area contributed by atoms with Gasteiger partial charge in [0.1, 0.15) is 0 Å². The number of likely N-dealkylation sites (tertiary alicyclic amines) is 1. The third kappa shape index (κ3) is 5.24. The molecule has 2 rings (SSSR count). The molecule has 0 aliphatic carbocycles. The molecule has 1 fully saturated rings. The van der Waals surface area contributed by atoms with Crippen LogP contribution in [0.2, 0.25) is 0 Å². The van der Waals surface area contributed by atoms with Gasteiger partial charge in [-0.15, -0.1) is 0 Å². The predicted octanol–water partition coefficient (Wildman–Crippen LogP) is 2.22. The summed E-state index contributed by atoms with van der Waals surface area (Å²) in [5.41, 5.74) is 6.19. The van der Waals surface area contributed by atoms with Crippen LogP contribution in [-0.4, -0.2) is 43.0 Å². The maximum absolute atomic E-state index is 12.3. The molecule has 6 heteroatoms. The molecule has 1 aliphatic rings. The number of nitrogens with two attached hydrogens (primary N) is 1. The number of carbonyl (C=O) groups excluding carboxylic acids is 2. The molecule has 0 spiro atoms. The summed E-state index contributed by atoms with van der Waals surface area (Å²) in [5, 5.41) is 0. The number of rotatable bonds is 7. The van der Waals surface area contributed by atoms with Gasteiger partial charge in [0.25, 0.3) is 0 Å². The highest BCUT2D eigenvalue weighted by Gasteiger charge is 2.24. The number of benzene rings is 1. The molecule has 0 atom stereocenters. The Morgan fingerprint density at radius 2 is 1.80 bits per heavy atom. The average molecular weight is 346 g/mol. The largest absolute Gasteiger partial charge is 0.490 e. The van der Waals surface area contributed by atoms with Crippen LogP contribution in [0.1, 0.15) is 32.3 Å². The zero-order valence-corrected chi connectivity index (χ0v) is 14.9.